The molecule has 2 rings (SSSR count). The van der Waals surface area contributed by atoms with E-state index >= 15 is 0 Å². The van der Waals surface area contributed by atoms with Crippen molar-refractivity contribution in [3.8, 4) is 5.75 Å². The molecule has 100 valence electrons. The summed E-state index contributed by atoms with van der Waals surface area (Å²) in [5, 5.41) is 3.23. The molecular formula is C15H17FN2O. The number of ether oxygens (including phenoxy) is 1. The van der Waals surface area contributed by atoms with Crippen molar-refractivity contribution >= 4 is 0 Å². The van der Waals surface area contributed by atoms with E-state index in [2.05, 4.69) is 10.3 Å². The first-order valence-electron chi connectivity index (χ1n) is 6.31. The van der Waals surface area contributed by atoms with Crippen LogP contribution in [0.3, 0.4) is 0 Å². The lowest BCUT2D eigenvalue weighted by Crippen LogP contribution is -2.13. The summed E-state index contributed by atoms with van der Waals surface area (Å²) in [4.78, 5) is 4.04. The predicted molar refractivity (Wildman–Crippen MR) is 72.3 cm³/mol. The molecule has 1 aromatic carbocycles. The standard InChI is InChI=1S/C15H17FN2O/c1-2-17-9-12-7-8-18-10-15(12)19-11-13-5-3-4-6-14(13)16/h3-8,10,17H,2,9,11H2,1H3. The van der Waals surface area contributed by atoms with Crippen molar-refractivity contribution in [2.24, 2.45) is 0 Å². The Hall–Kier alpha value is -1.94. The summed E-state index contributed by atoms with van der Waals surface area (Å²) in [6.45, 7) is 3.85. The smallest absolute Gasteiger partial charge is 0.142 e. The molecule has 0 unspecified atom stereocenters. The summed E-state index contributed by atoms with van der Waals surface area (Å²) in [6.07, 6.45) is 3.39. The molecule has 0 spiro atoms. The number of nitrogens with zero attached hydrogens (tertiary/aromatic N) is 1. The number of benzene rings is 1. The molecule has 0 saturated heterocycles. The van der Waals surface area contributed by atoms with Crippen LogP contribution in [0.1, 0.15) is 18.1 Å². The number of aromatic nitrogens is 1. The average Bonchev–Trinajstić information content (AvgIpc) is 2.45. The Morgan fingerprint density at radius 2 is 2.05 bits per heavy atom. The topological polar surface area (TPSA) is 34.2 Å². The maximum atomic E-state index is 13.5. The van der Waals surface area contributed by atoms with Crippen LogP contribution in [0.15, 0.2) is 42.7 Å². The van der Waals surface area contributed by atoms with Crippen LogP contribution in [0.5, 0.6) is 5.75 Å². The van der Waals surface area contributed by atoms with Gasteiger partial charge >= 0.3 is 0 Å². The molecule has 0 atom stereocenters. The van der Waals surface area contributed by atoms with E-state index in [1.54, 1.807) is 30.6 Å². The maximum absolute atomic E-state index is 13.5. The highest BCUT2D eigenvalue weighted by atomic mass is 19.1. The number of halogens is 1. The monoisotopic (exact) mass is 260 g/mol. The largest absolute Gasteiger partial charge is 0.487 e. The van der Waals surface area contributed by atoms with Crippen LogP contribution in [0.2, 0.25) is 0 Å². The highest BCUT2D eigenvalue weighted by Crippen LogP contribution is 2.18. The minimum Gasteiger partial charge on any atom is -0.487 e. The summed E-state index contributed by atoms with van der Waals surface area (Å²) >= 11 is 0. The fourth-order valence-electron chi connectivity index (χ4n) is 1.72. The molecule has 19 heavy (non-hydrogen) atoms. The molecule has 4 heteroatoms. The molecule has 0 aliphatic heterocycles. The van der Waals surface area contributed by atoms with Gasteiger partial charge in [0, 0.05) is 23.9 Å². The number of hydrogen-bond acceptors (Lipinski definition) is 3. The number of nitrogens with one attached hydrogen (secondary N) is 1. The SMILES string of the molecule is CCNCc1ccncc1OCc1ccccc1F. The fraction of sp³-hybridized carbons (Fsp3) is 0.267. The summed E-state index contributed by atoms with van der Waals surface area (Å²) in [6, 6.07) is 8.51. The van der Waals surface area contributed by atoms with E-state index in [-0.39, 0.29) is 12.4 Å². The second-order valence-corrected chi connectivity index (χ2v) is 4.14. The van der Waals surface area contributed by atoms with E-state index in [0.717, 1.165) is 12.1 Å². The number of rotatable bonds is 6. The molecule has 0 fully saturated rings. The van der Waals surface area contributed by atoms with Gasteiger partial charge in [-0.25, -0.2) is 4.39 Å². The first-order chi connectivity index (χ1) is 9.31. The highest BCUT2D eigenvalue weighted by Gasteiger charge is 2.05. The van der Waals surface area contributed by atoms with Crippen LogP contribution in [0.25, 0.3) is 0 Å². The quantitative estimate of drug-likeness (QED) is 0.867. The van der Waals surface area contributed by atoms with Gasteiger partial charge in [-0.3, -0.25) is 4.98 Å². The average molecular weight is 260 g/mol. The van der Waals surface area contributed by atoms with Crippen molar-refractivity contribution < 1.29 is 9.13 Å². The van der Waals surface area contributed by atoms with Gasteiger partial charge in [0.1, 0.15) is 18.2 Å². The van der Waals surface area contributed by atoms with Gasteiger partial charge in [0.05, 0.1) is 6.20 Å². The second-order valence-electron chi connectivity index (χ2n) is 4.14. The van der Waals surface area contributed by atoms with E-state index in [4.69, 9.17) is 4.74 Å². The van der Waals surface area contributed by atoms with Crippen molar-refractivity contribution in [1.82, 2.24) is 10.3 Å². The lowest BCUT2D eigenvalue weighted by atomic mass is 10.2. The Balaban J connectivity index is 2.05. The Labute approximate surface area is 112 Å². The van der Waals surface area contributed by atoms with E-state index in [0.29, 0.717) is 17.9 Å². The minimum atomic E-state index is -0.250. The van der Waals surface area contributed by atoms with E-state index < -0.39 is 0 Å². The van der Waals surface area contributed by atoms with Crippen LogP contribution in [-0.2, 0) is 13.2 Å². The van der Waals surface area contributed by atoms with Crippen molar-refractivity contribution in [3.63, 3.8) is 0 Å². The Morgan fingerprint density at radius 3 is 2.84 bits per heavy atom. The van der Waals surface area contributed by atoms with Crippen LogP contribution in [0, 0.1) is 5.82 Å². The molecule has 0 aliphatic rings. The molecule has 1 aromatic heterocycles. The molecule has 0 bridgehead atoms. The summed E-state index contributed by atoms with van der Waals surface area (Å²) in [5.74, 6) is 0.436. The number of pyridine rings is 1. The summed E-state index contributed by atoms with van der Waals surface area (Å²) in [5.41, 5.74) is 1.56. The lowest BCUT2D eigenvalue weighted by molar-refractivity contribution is 0.295. The first-order valence-corrected chi connectivity index (χ1v) is 6.31. The maximum Gasteiger partial charge on any atom is 0.142 e. The number of hydrogen-bond donors (Lipinski definition) is 1. The normalized spacial score (nSPS) is 10.4. The van der Waals surface area contributed by atoms with Gasteiger partial charge < -0.3 is 10.1 Å². The van der Waals surface area contributed by atoms with Gasteiger partial charge in [-0.05, 0) is 18.7 Å². The molecule has 0 radical (unpaired) electrons. The van der Waals surface area contributed by atoms with Crippen molar-refractivity contribution in [1.29, 1.82) is 0 Å². The Bertz CT molecular complexity index is 531. The Morgan fingerprint density at radius 1 is 1.21 bits per heavy atom. The van der Waals surface area contributed by atoms with Crippen LogP contribution < -0.4 is 10.1 Å². The zero-order chi connectivity index (χ0) is 13.5. The zero-order valence-electron chi connectivity index (χ0n) is 10.9. The van der Waals surface area contributed by atoms with Crippen molar-refractivity contribution in [3.05, 3.63) is 59.7 Å². The molecule has 0 saturated carbocycles. The third-order valence-corrected chi connectivity index (χ3v) is 2.78. The third-order valence-electron chi connectivity index (χ3n) is 2.78. The molecular weight excluding hydrogens is 243 g/mol. The molecule has 0 amide bonds. The first kappa shape index (κ1) is 13.5. The minimum absolute atomic E-state index is 0.206. The lowest BCUT2D eigenvalue weighted by Gasteiger charge is -2.11. The van der Waals surface area contributed by atoms with Gasteiger partial charge in [-0.15, -0.1) is 0 Å². The van der Waals surface area contributed by atoms with Gasteiger partial charge in [-0.2, -0.15) is 0 Å². The van der Waals surface area contributed by atoms with Crippen molar-refractivity contribution in [2.45, 2.75) is 20.1 Å². The molecule has 1 heterocycles. The van der Waals surface area contributed by atoms with E-state index in [1.807, 2.05) is 13.0 Å². The predicted octanol–water partition coefficient (Wildman–Crippen LogP) is 2.91. The van der Waals surface area contributed by atoms with Gasteiger partial charge in [-0.1, -0.05) is 25.1 Å². The summed E-state index contributed by atoms with van der Waals surface area (Å²) < 4.78 is 19.1. The zero-order valence-corrected chi connectivity index (χ0v) is 10.9. The van der Waals surface area contributed by atoms with Gasteiger partial charge in [0.2, 0.25) is 0 Å². The van der Waals surface area contributed by atoms with Crippen LogP contribution >= 0.6 is 0 Å². The van der Waals surface area contributed by atoms with Gasteiger partial charge in [0.15, 0.2) is 0 Å². The van der Waals surface area contributed by atoms with E-state index in [1.165, 1.54) is 6.07 Å². The van der Waals surface area contributed by atoms with Gasteiger partial charge in [0.25, 0.3) is 0 Å². The Kier molecular flexibility index (Phi) is 4.86. The van der Waals surface area contributed by atoms with Crippen molar-refractivity contribution in [2.75, 3.05) is 6.54 Å². The van der Waals surface area contributed by atoms with E-state index in [9.17, 15) is 4.39 Å². The third kappa shape index (κ3) is 3.76. The molecule has 0 aliphatic carbocycles. The molecule has 2 aromatic rings. The molecule has 3 nitrogen and oxygen atoms in total. The van der Waals surface area contributed by atoms with Crippen LogP contribution in [-0.4, -0.2) is 11.5 Å². The molecule has 1 N–H and O–H groups in total. The fourth-order valence-corrected chi connectivity index (χ4v) is 1.72. The highest BCUT2D eigenvalue weighted by molar-refractivity contribution is 5.30. The van der Waals surface area contributed by atoms with Crippen LogP contribution in [0.4, 0.5) is 4.39 Å². The summed E-state index contributed by atoms with van der Waals surface area (Å²) in [7, 11) is 0. The second kappa shape index (κ2) is 6.85.